The van der Waals surface area contributed by atoms with Gasteiger partial charge in [0, 0.05) is 16.8 Å². The van der Waals surface area contributed by atoms with Gasteiger partial charge in [0.25, 0.3) is 0 Å². The van der Waals surface area contributed by atoms with Gasteiger partial charge in [-0.3, -0.25) is 9.36 Å². The van der Waals surface area contributed by atoms with Crippen LogP contribution in [0, 0.1) is 5.92 Å². The molecule has 1 aliphatic carbocycles. The van der Waals surface area contributed by atoms with Gasteiger partial charge < -0.3 is 10.1 Å². The normalized spacial score (nSPS) is 18.3. The third kappa shape index (κ3) is 5.10. The van der Waals surface area contributed by atoms with Crippen molar-refractivity contribution in [3.05, 3.63) is 53.6 Å². The molecule has 1 N–H and O–H groups in total. The quantitative estimate of drug-likeness (QED) is 0.469. The predicted molar refractivity (Wildman–Crippen MR) is 129 cm³/mol. The Hall–Kier alpha value is -2.51. The van der Waals surface area contributed by atoms with Gasteiger partial charge >= 0.3 is 0 Å². The highest BCUT2D eigenvalue weighted by atomic mass is 35.5. The number of hydrogen-bond donors (Lipinski definition) is 1. The summed E-state index contributed by atoms with van der Waals surface area (Å²) in [5.41, 5.74) is 1.69. The van der Waals surface area contributed by atoms with Crippen molar-refractivity contribution in [3.63, 3.8) is 0 Å². The van der Waals surface area contributed by atoms with E-state index in [9.17, 15) is 4.79 Å². The predicted octanol–water partition coefficient (Wildman–Crippen LogP) is 5.38. The third-order valence-electron chi connectivity index (χ3n) is 5.86. The van der Waals surface area contributed by atoms with E-state index in [-0.39, 0.29) is 17.7 Å². The lowest BCUT2D eigenvalue weighted by Gasteiger charge is -2.29. The molecule has 1 aliphatic rings. The number of ether oxygens (including phenoxy) is 1. The number of amides is 1. The zero-order valence-electron chi connectivity index (χ0n) is 18.3. The number of carbonyl (C=O) groups excluding carboxylic acids is 1. The number of para-hydroxylation sites is 1. The highest BCUT2D eigenvalue weighted by Crippen LogP contribution is 2.33. The van der Waals surface area contributed by atoms with Crippen LogP contribution in [-0.2, 0) is 4.79 Å². The lowest BCUT2D eigenvalue weighted by Crippen LogP contribution is -2.41. The molecule has 0 bridgehead atoms. The van der Waals surface area contributed by atoms with Crippen molar-refractivity contribution >= 4 is 29.3 Å². The van der Waals surface area contributed by atoms with Crippen molar-refractivity contribution < 1.29 is 9.53 Å². The Morgan fingerprint density at radius 3 is 2.66 bits per heavy atom. The molecule has 2 unspecified atom stereocenters. The Morgan fingerprint density at radius 2 is 1.91 bits per heavy atom. The van der Waals surface area contributed by atoms with Crippen LogP contribution in [0.3, 0.4) is 0 Å². The van der Waals surface area contributed by atoms with Crippen molar-refractivity contribution in [1.82, 2.24) is 20.1 Å². The maximum Gasteiger partial charge on any atom is 0.230 e. The summed E-state index contributed by atoms with van der Waals surface area (Å²) in [6.07, 6.45) is 4.65. The van der Waals surface area contributed by atoms with E-state index in [1.165, 1.54) is 31.0 Å². The smallest absolute Gasteiger partial charge is 0.230 e. The third-order valence-corrected chi connectivity index (χ3v) is 7.04. The highest BCUT2D eigenvalue weighted by Gasteiger charge is 2.24. The lowest BCUT2D eigenvalue weighted by atomic mass is 9.86. The molecule has 0 aliphatic heterocycles. The monoisotopic (exact) mass is 470 g/mol. The largest absolute Gasteiger partial charge is 0.496 e. The van der Waals surface area contributed by atoms with Gasteiger partial charge in [-0.1, -0.05) is 55.3 Å². The van der Waals surface area contributed by atoms with E-state index >= 15 is 0 Å². The minimum atomic E-state index is 0.0262. The summed E-state index contributed by atoms with van der Waals surface area (Å²) >= 11 is 7.48. The molecule has 0 saturated heterocycles. The second-order valence-electron chi connectivity index (χ2n) is 8.04. The maximum absolute atomic E-state index is 12.7. The molecule has 0 radical (unpaired) electrons. The van der Waals surface area contributed by atoms with E-state index in [0.717, 1.165) is 17.7 Å². The van der Waals surface area contributed by atoms with E-state index in [1.54, 1.807) is 7.11 Å². The summed E-state index contributed by atoms with van der Waals surface area (Å²) in [7, 11) is 1.63. The summed E-state index contributed by atoms with van der Waals surface area (Å²) in [5.74, 6) is 2.18. The molecule has 1 amide bonds. The average Bonchev–Trinajstić information content (AvgIpc) is 3.23. The van der Waals surface area contributed by atoms with Gasteiger partial charge in [0.2, 0.25) is 5.91 Å². The lowest BCUT2D eigenvalue weighted by molar-refractivity contribution is -0.119. The second kappa shape index (κ2) is 10.4. The van der Waals surface area contributed by atoms with Gasteiger partial charge in [0.1, 0.15) is 5.75 Å². The van der Waals surface area contributed by atoms with Crippen LogP contribution in [0.15, 0.2) is 53.7 Å². The fraction of sp³-hybridized carbons (Fsp3) is 0.375. The first-order valence-corrected chi connectivity index (χ1v) is 12.2. The molecule has 2 atom stereocenters. The molecule has 1 aromatic heterocycles. The zero-order valence-corrected chi connectivity index (χ0v) is 19.8. The Labute approximate surface area is 197 Å². The molecule has 2 aromatic carbocycles. The number of hydrogen-bond acceptors (Lipinski definition) is 5. The van der Waals surface area contributed by atoms with Crippen LogP contribution in [-0.4, -0.2) is 39.6 Å². The molecule has 4 rings (SSSR count). The molecule has 8 heteroatoms. The van der Waals surface area contributed by atoms with Crippen molar-refractivity contribution in [2.45, 2.75) is 43.8 Å². The van der Waals surface area contributed by atoms with Crippen molar-refractivity contribution in [2.75, 3.05) is 12.9 Å². The Balaban J connectivity index is 1.60. The Kier molecular flexibility index (Phi) is 7.37. The van der Waals surface area contributed by atoms with Crippen LogP contribution < -0.4 is 10.1 Å². The number of carbonyl (C=O) groups is 1. The number of nitrogens with one attached hydrogen (secondary N) is 1. The SMILES string of the molecule is COc1ccccc1-c1nnc(SCC(=O)NC2CCCCC2C)n1-c1ccc(Cl)cc1. The molecule has 3 aromatic rings. The Morgan fingerprint density at radius 1 is 1.16 bits per heavy atom. The van der Waals surface area contributed by atoms with Gasteiger partial charge in [-0.25, -0.2) is 0 Å². The molecule has 168 valence electrons. The molecule has 1 fully saturated rings. The van der Waals surface area contributed by atoms with Gasteiger partial charge in [-0.2, -0.15) is 0 Å². The van der Waals surface area contributed by atoms with Crippen LogP contribution in [0.25, 0.3) is 17.1 Å². The van der Waals surface area contributed by atoms with Gasteiger partial charge in [-0.15, -0.1) is 10.2 Å². The molecule has 0 spiro atoms. The Bertz CT molecular complexity index is 1070. The van der Waals surface area contributed by atoms with Crippen molar-refractivity contribution in [2.24, 2.45) is 5.92 Å². The van der Waals surface area contributed by atoms with Gasteiger partial charge in [-0.05, 0) is 55.2 Å². The molecule has 1 heterocycles. The van der Waals surface area contributed by atoms with Crippen LogP contribution in [0.4, 0.5) is 0 Å². The fourth-order valence-corrected chi connectivity index (χ4v) is 4.99. The summed E-state index contributed by atoms with van der Waals surface area (Å²) in [5, 5.41) is 13.4. The number of thioether (sulfide) groups is 1. The molecular weight excluding hydrogens is 444 g/mol. The first kappa shape index (κ1) is 22.7. The fourth-order valence-electron chi connectivity index (χ4n) is 4.10. The van der Waals surface area contributed by atoms with Crippen molar-refractivity contribution in [1.29, 1.82) is 0 Å². The molecule has 6 nitrogen and oxygen atoms in total. The summed E-state index contributed by atoms with van der Waals surface area (Å²) in [6.45, 7) is 2.22. The van der Waals surface area contributed by atoms with Gasteiger partial charge in [0.05, 0.1) is 18.4 Å². The molecule has 32 heavy (non-hydrogen) atoms. The number of rotatable bonds is 7. The first-order valence-electron chi connectivity index (χ1n) is 10.8. The maximum atomic E-state index is 12.7. The van der Waals surface area contributed by atoms with Crippen LogP contribution >= 0.6 is 23.4 Å². The van der Waals surface area contributed by atoms with E-state index in [0.29, 0.717) is 27.7 Å². The number of halogens is 1. The van der Waals surface area contributed by atoms with Crippen molar-refractivity contribution in [3.8, 4) is 22.8 Å². The second-order valence-corrected chi connectivity index (χ2v) is 9.42. The number of nitrogens with zero attached hydrogens (tertiary/aromatic N) is 3. The van der Waals surface area contributed by atoms with Gasteiger partial charge in [0.15, 0.2) is 11.0 Å². The highest BCUT2D eigenvalue weighted by molar-refractivity contribution is 7.99. The first-order chi connectivity index (χ1) is 15.6. The van der Waals surface area contributed by atoms with Crippen LogP contribution in [0.5, 0.6) is 5.75 Å². The minimum absolute atomic E-state index is 0.0262. The summed E-state index contributed by atoms with van der Waals surface area (Å²) < 4.78 is 7.48. The molecular formula is C24H27ClN4O2S. The number of methoxy groups -OCH3 is 1. The molecule has 1 saturated carbocycles. The van der Waals surface area contributed by atoms with E-state index < -0.39 is 0 Å². The summed E-state index contributed by atoms with van der Waals surface area (Å²) in [6, 6.07) is 15.4. The number of aromatic nitrogens is 3. The zero-order chi connectivity index (χ0) is 22.5. The topological polar surface area (TPSA) is 69.0 Å². The summed E-state index contributed by atoms with van der Waals surface area (Å²) in [4.78, 5) is 12.7. The number of benzene rings is 2. The van der Waals surface area contributed by atoms with Crippen LogP contribution in [0.2, 0.25) is 5.02 Å². The standard InChI is InChI=1S/C24H27ClN4O2S/c1-16-7-3-5-9-20(16)26-22(30)15-32-24-28-27-23(19-8-4-6-10-21(19)31-2)29(24)18-13-11-17(25)12-14-18/h4,6,8,10-14,16,20H,3,5,7,9,15H2,1-2H3,(H,26,30). The van der Waals surface area contributed by atoms with Crippen LogP contribution in [0.1, 0.15) is 32.6 Å². The average molecular weight is 471 g/mol. The van der Waals surface area contributed by atoms with E-state index in [4.69, 9.17) is 16.3 Å². The van der Waals surface area contributed by atoms with E-state index in [1.807, 2.05) is 53.1 Å². The van der Waals surface area contributed by atoms with E-state index in [2.05, 4.69) is 22.4 Å². The minimum Gasteiger partial charge on any atom is -0.496 e.